The number of hydrogen-bond acceptors (Lipinski definition) is 7. The van der Waals surface area contributed by atoms with Gasteiger partial charge in [0.15, 0.2) is 5.13 Å². The number of carbonyl (C=O) groups excluding carboxylic acids is 2. The van der Waals surface area contributed by atoms with E-state index in [0.717, 1.165) is 0 Å². The zero-order valence-corrected chi connectivity index (χ0v) is 15.7. The van der Waals surface area contributed by atoms with Crippen molar-refractivity contribution in [1.82, 2.24) is 15.0 Å². The van der Waals surface area contributed by atoms with Crippen LogP contribution in [-0.4, -0.2) is 33.3 Å². The highest BCUT2D eigenvalue weighted by Crippen LogP contribution is 2.28. The lowest BCUT2D eigenvalue weighted by Crippen LogP contribution is -2.16. The van der Waals surface area contributed by atoms with Crippen LogP contribution >= 0.6 is 11.3 Å². The van der Waals surface area contributed by atoms with Crippen LogP contribution < -0.4 is 16.0 Å². The van der Waals surface area contributed by atoms with E-state index in [4.69, 9.17) is 0 Å². The summed E-state index contributed by atoms with van der Waals surface area (Å²) in [7, 11) is 0. The van der Waals surface area contributed by atoms with Crippen LogP contribution in [0.25, 0.3) is 11.3 Å². The maximum absolute atomic E-state index is 14.3. The fourth-order valence-electron chi connectivity index (χ4n) is 2.32. The molecule has 3 rings (SSSR count). The van der Waals surface area contributed by atoms with Crippen molar-refractivity contribution < 1.29 is 14.0 Å². The molecule has 2 amide bonds. The van der Waals surface area contributed by atoms with Gasteiger partial charge in [0.2, 0.25) is 17.8 Å². The van der Waals surface area contributed by atoms with Gasteiger partial charge in [0, 0.05) is 48.9 Å². The first-order chi connectivity index (χ1) is 13.5. The smallest absolute Gasteiger partial charge is 0.227 e. The third kappa shape index (κ3) is 5.30. The van der Waals surface area contributed by atoms with Crippen LogP contribution in [0.3, 0.4) is 0 Å². The molecule has 0 saturated heterocycles. The van der Waals surface area contributed by atoms with E-state index in [0.29, 0.717) is 29.0 Å². The molecule has 2 aromatic heterocycles. The minimum absolute atomic E-state index is 0.201. The van der Waals surface area contributed by atoms with Crippen molar-refractivity contribution in [2.45, 2.75) is 13.3 Å². The number of rotatable bonds is 7. The summed E-state index contributed by atoms with van der Waals surface area (Å²) in [6, 6.07) is 6.06. The van der Waals surface area contributed by atoms with Crippen molar-refractivity contribution >= 4 is 39.9 Å². The minimum atomic E-state index is -0.513. The summed E-state index contributed by atoms with van der Waals surface area (Å²) in [5.74, 6) is -0.573. The van der Waals surface area contributed by atoms with E-state index in [1.165, 1.54) is 30.4 Å². The molecule has 0 aliphatic carbocycles. The molecule has 8 nitrogen and oxygen atoms in total. The minimum Gasteiger partial charge on any atom is -0.354 e. The van der Waals surface area contributed by atoms with Gasteiger partial charge in [-0.05, 0) is 24.3 Å². The quantitative estimate of drug-likeness (QED) is 0.562. The molecule has 0 aliphatic rings. The van der Waals surface area contributed by atoms with Crippen LogP contribution in [-0.2, 0) is 9.59 Å². The monoisotopic (exact) mass is 400 g/mol. The zero-order chi connectivity index (χ0) is 19.9. The summed E-state index contributed by atoms with van der Waals surface area (Å²) in [5, 5.41) is 10.2. The molecule has 0 saturated carbocycles. The lowest BCUT2D eigenvalue weighted by Gasteiger charge is -2.05. The van der Waals surface area contributed by atoms with Crippen LogP contribution in [0.4, 0.5) is 21.2 Å². The molecule has 0 spiro atoms. The first-order valence-electron chi connectivity index (χ1n) is 8.35. The lowest BCUT2D eigenvalue weighted by atomic mass is 10.1. The van der Waals surface area contributed by atoms with Gasteiger partial charge in [0.05, 0.1) is 5.69 Å². The van der Waals surface area contributed by atoms with E-state index in [9.17, 15) is 14.0 Å². The molecule has 0 bridgehead atoms. The van der Waals surface area contributed by atoms with Gasteiger partial charge in [0.25, 0.3) is 0 Å². The highest BCUT2D eigenvalue weighted by Gasteiger charge is 2.12. The van der Waals surface area contributed by atoms with Crippen molar-refractivity contribution in [2.75, 3.05) is 22.5 Å². The van der Waals surface area contributed by atoms with Crippen LogP contribution in [0.15, 0.2) is 42.0 Å². The third-order valence-electron chi connectivity index (χ3n) is 3.52. The van der Waals surface area contributed by atoms with Gasteiger partial charge < -0.3 is 16.0 Å². The number of aromatic nitrogens is 3. The first-order valence-corrected chi connectivity index (χ1v) is 9.23. The number of nitrogens with one attached hydrogen (secondary N) is 3. The Bertz CT molecular complexity index is 979. The maximum atomic E-state index is 14.3. The van der Waals surface area contributed by atoms with E-state index in [2.05, 4.69) is 30.9 Å². The van der Waals surface area contributed by atoms with Gasteiger partial charge in [-0.1, -0.05) is 0 Å². The van der Waals surface area contributed by atoms with E-state index in [1.54, 1.807) is 29.9 Å². The molecule has 10 heteroatoms. The number of thiazole rings is 1. The van der Waals surface area contributed by atoms with E-state index in [-0.39, 0.29) is 23.8 Å². The molecule has 3 N–H and O–H groups in total. The van der Waals surface area contributed by atoms with Crippen LogP contribution in [0.1, 0.15) is 13.3 Å². The van der Waals surface area contributed by atoms with Crippen molar-refractivity contribution in [2.24, 2.45) is 0 Å². The van der Waals surface area contributed by atoms with Crippen molar-refractivity contribution in [1.29, 1.82) is 0 Å². The SMILES string of the molecule is CC(=O)Nc1ccc(-c2csc(NC(=O)CCNc3ncccn3)n2)c(F)c1. The highest BCUT2D eigenvalue weighted by atomic mass is 32.1. The molecular weight excluding hydrogens is 383 g/mol. The number of benzene rings is 1. The Morgan fingerprint density at radius 2 is 1.96 bits per heavy atom. The molecule has 0 aliphatic heterocycles. The second-order valence-corrected chi connectivity index (χ2v) is 6.57. The van der Waals surface area contributed by atoms with E-state index in [1.807, 2.05) is 0 Å². The summed E-state index contributed by atoms with van der Waals surface area (Å²) < 4.78 is 14.3. The second kappa shape index (κ2) is 9.00. The average molecular weight is 400 g/mol. The highest BCUT2D eigenvalue weighted by molar-refractivity contribution is 7.14. The van der Waals surface area contributed by atoms with Crippen molar-refractivity contribution in [3.05, 3.63) is 47.9 Å². The Kier molecular flexibility index (Phi) is 6.22. The number of carbonyl (C=O) groups is 2. The van der Waals surface area contributed by atoms with Gasteiger partial charge in [-0.15, -0.1) is 11.3 Å². The predicted molar refractivity (Wildman–Crippen MR) is 106 cm³/mol. The molecule has 0 unspecified atom stereocenters. The van der Waals surface area contributed by atoms with Gasteiger partial charge >= 0.3 is 0 Å². The third-order valence-corrected chi connectivity index (χ3v) is 4.27. The van der Waals surface area contributed by atoms with Crippen LogP contribution in [0, 0.1) is 5.82 Å². The molecule has 0 radical (unpaired) electrons. The molecule has 0 fully saturated rings. The number of anilines is 3. The van der Waals surface area contributed by atoms with Gasteiger partial charge in [-0.3, -0.25) is 9.59 Å². The first kappa shape index (κ1) is 19.4. The Morgan fingerprint density at radius 1 is 1.18 bits per heavy atom. The molecule has 28 heavy (non-hydrogen) atoms. The Hall–Kier alpha value is -3.40. The fraction of sp³-hybridized carbons (Fsp3) is 0.167. The Balaban J connectivity index is 1.56. The summed E-state index contributed by atoms with van der Waals surface area (Å²) in [6.45, 7) is 1.72. The van der Waals surface area contributed by atoms with Gasteiger partial charge in [-0.2, -0.15) is 0 Å². The summed E-state index contributed by atoms with van der Waals surface area (Å²) in [5.41, 5.74) is 1.06. The number of halogens is 1. The fourth-order valence-corrected chi connectivity index (χ4v) is 3.05. The predicted octanol–water partition coefficient (Wildman–Crippen LogP) is 3.14. The van der Waals surface area contributed by atoms with Gasteiger partial charge in [0.1, 0.15) is 5.82 Å². The number of hydrogen-bond donors (Lipinski definition) is 3. The van der Waals surface area contributed by atoms with Crippen LogP contribution in [0.5, 0.6) is 0 Å². The normalized spacial score (nSPS) is 10.4. The molecule has 3 aromatic rings. The zero-order valence-electron chi connectivity index (χ0n) is 14.9. The van der Waals surface area contributed by atoms with Crippen LogP contribution in [0.2, 0.25) is 0 Å². The Labute approximate surface area is 164 Å². The molecule has 0 atom stereocenters. The topological polar surface area (TPSA) is 109 Å². The number of amides is 2. The Morgan fingerprint density at radius 3 is 2.68 bits per heavy atom. The molecule has 2 heterocycles. The lowest BCUT2D eigenvalue weighted by molar-refractivity contribution is -0.116. The molecule has 144 valence electrons. The second-order valence-electron chi connectivity index (χ2n) is 5.71. The van der Waals surface area contributed by atoms with E-state index >= 15 is 0 Å². The van der Waals surface area contributed by atoms with Crippen molar-refractivity contribution in [3.63, 3.8) is 0 Å². The largest absolute Gasteiger partial charge is 0.354 e. The molecular formula is C18H17FN6O2S. The summed E-state index contributed by atoms with van der Waals surface area (Å²) in [4.78, 5) is 35.3. The maximum Gasteiger partial charge on any atom is 0.227 e. The average Bonchev–Trinajstić information content (AvgIpc) is 3.10. The summed E-state index contributed by atoms with van der Waals surface area (Å²) in [6.07, 6.45) is 3.41. The molecule has 1 aromatic carbocycles. The standard InChI is InChI=1S/C18H17FN6O2S/c1-11(26)23-12-3-4-13(14(19)9-12)15-10-28-18(24-15)25-16(27)5-8-22-17-20-6-2-7-21-17/h2-4,6-7,9-10H,5,8H2,1H3,(H,23,26)(H,20,21,22)(H,24,25,27). The van der Waals surface area contributed by atoms with E-state index < -0.39 is 5.82 Å². The van der Waals surface area contributed by atoms with Crippen molar-refractivity contribution in [3.8, 4) is 11.3 Å². The summed E-state index contributed by atoms with van der Waals surface area (Å²) >= 11 is 1.20. The van der Waals surface area contributed by atoms with Gasteiger partial charge in [-0.25, -0.2) is 19.3 Å². The number of nitrogens with zero attached hydrogens (tertiary/aromatic N) is 3.